The lowest BCUT2D eigenvalue weighted by atomic mass is 10.1. The van der Waals surface area contributed by atoms with Crippen LogP contribution in [-0.2, 0) is 4.79 Å². The van der Waals surface area contributed by atoms with Crippen LogP contribution >= 0.6 is 15.9 Å². The summed E-state index contributed by atoms with van der Waals surface area (Å²) < 4.78 is 1.04. The predicted molar refractivity (Wildman–Crippen MR) is 95.0 cm³/mol. The van der Waals surface area contributed by atoms with Crippen molar-refractivity contribution in [3.05, 3.63) is 64.1 Å². The van der Waals surface area contributed by atoms with Crippen molar-refractivity contribution >= 4 is 27.5 Å². The minimum Gasteiger partial charge on any atom is -0.325 e. The van der Waals surface area contributed by atoms with Crippen molar-refractivity contribution in [2.24, 2.45) is 0 Å². The van der Waals surface area contributed by atoms with Crippen LogP contribution < -0.4 is 10.6 Å². The zero-order chi connectivity index (χ0) is 16.1. The maximum absolute atomic E-state index is 12.3. The molecule has 2 aromatic rings. The first-order chi connectivity index (χ1) is 10.5. The number of aryl methyl sites for hydroxylation is 1. The normalized spacial score (nSPS) is 13.5. The molecule has 2 rings (SSSR count). The number of anilines is 1. The SMILES string of the molecule is Cc1ccc(NC(=O)[C@@H](C)N[C@@H](C)c2ccccc2Br)cc1. The van der Waals surface area contributed by atoms with Gasteiger partial charge < -0.3 is 5.32 Å². The van der Waals surface area contributed by atoms with Crippen molar-refractivity contribution in [1.29, 1.82) is 0 Å². The van der Waals surface area contributed by atoms with E-state index in [1.807, 2.05) is 62.4 Å². The Balaban J connectivity index is 1.96. The summed E-state index contributed by atoms with van der Waals surface area (Å²) in [7, 11) is 0. The molecule has 0 aliphatic rings. The van der Waals surface area contributed by atoms with Crippen LogP contribution in [0.15, 0.2) is 53.0 Å². The van der Waals surface area contributed by atoms with Gasteiger partial charge in [-0.05, 0) is 44.5 Å². The standard InChI is InChI=1S/C18H21BrN2O/c1-12-8-10-15(11-9-12)21-18(22)14(3)20-13(2)16-6-4-5-7-17(16)19/h4-11,13-14,20H,1-3H3,(H,21,22)/t13-,14+/m0/s1. The van der Waals surface area contributed by atoms with E-state index in [-0.39, 0.29) is 18.0 Å². The Morgan fingerprint density at radius 3 is 2.32 bits per heavy atom. The Hall–Kier alpha value is -1.65. The van der Waals surface area contributed by atoms with E-state index in [1.54, 1.807) is 0 Å². The van der Waals surface area contributed by atoms with Crippen molar-refractivity contribution in [1.82, 2.24) is 5.32 Å². The molecule has 0 aliphatic carbocycles. The van der Waals surface area contributed by atoms with Gasteiger partial charge in [-0.25, -0.2) is 0 Å². The topological polar surface area (TPSA) is 41.1 Å². The van der Waals surface area contributed by atoms with Gasteiger partial charge >= 0.3 is 0 Å². The fourth-order valence-electron chi connectivity index (χ4n) is 2.25. The highest BCUT2D eigenvalue weighted by molar-refractivity contribution is 9.10. The highest BCUT2D eigenvalue weighted by Gasteiger charge is 2.17. The molecular weight excluding hydrogens is 340 g/mol. The smallest absolute Gasteiger partial charge is 0.241 e. The second-order valence-electron chi connectivity index (χ2n) is 5.49. The van der Waals surface area contributed by atoms with E-state index in [0.717, 1.165) is 15.7 Å². The second-order valence-corrected chi connectivity index (χ2v) is 6.34. The molecule has 0 radical (unpaired) electrons. The van der Waals surface area contributed by atoms with E-state index in [9.17, 15) is 4.79 Å². The summed E-state index contributed by atoms with van der Waals surface area (Å²) >= 11 is 3.54. The van der Waals surface area contributed by atoms with Crippen LogP contribution in [0.4, 0.5) is 5.69 Å². The fourth-order valence-corrected chi connectivity index (χ4v) is 2.88. The Bertz CT molecular complexity index is 640. The number of halogens is 1. The summed E-state index contributed by atoms with van der Waals surface area (Å²) in [5, 5.41) is 6.25. The van der Waals surface area contributed by atoms with Crippen molar-refractivity contribution in [2.75, 3.05) is 5.32 Å². The molecule has 0 aromatic heterocycles. The molecule has 2 N–H and O–H groups in total. The zero-order valence-corrected chi connectivity index (χ0v) is 14.6. The first kappa shape index (κ1) is 16.7. The summed E-state index contributed by atoms with van der Waals surface area (Å²) in [6.07, 6.45) is 0. The Kier molecular flexibility index (Phi) is 5.75. The Labute approximate surface area is 140 Å². The van der Waals surface area contributed by atoms with Crippen LogP contribution in [0.25, 0.3) is 0 Å². The van der Waals surface area contributed by atoms with Gasteiger partial charge in [-0.1, -0.05) is 51.8 Å². The van der Waals surface area contributed by atoms with Gasteiger partial charge in [0.15, 0.2) is 0 Å². The zero-order valence-electron chi connectivity index (χ0n) is 13.1. The number of benzene rings is 2. The van der Waals surface area contributed by atoms with E-state index in [0.29, 0.717) is 0 Å². The first-order valence-corrected chi connectivity index (χ1v) is 8.14. The van der Waals surface area contributed by atoms with Crippen LogP contribution in [0, 0.1) is 6.92 Å². The maximum atomic E-state index is 12.3. The monoisotopic (exact) mass is 360 g/mol. The quantitative estimate of drug-likeness (QED) is 0.827. The maximum Gasteiger partial charge on any atom is 0.241 e. The lowest BCUT2D eigenvalue weighted by Crippen LogP contribution is -2.39. The van der Waals surface area contributed by atoms with Gasteiger partial charge in [-0.3, -0.25) is 10.1 Å². The number of carbonyl (C=O) groups excluding carboxylic acids is 1. The van der Waals surface area contributed by atoms with Gasteiger partial charge in [-0.15, -0.1) is 0 Å². The summed E-state index contributed by atoms with van der Waals surface area (Å²) in [6.45, 7) is 5.95. The molecule has 116 valence electrons. The number of carbonyl (C=O) groups is 1. The van der Waals surface area contributed by atoms with E-state index in [1.165, 1.54) is 5.56 Å². The van der Waals surface area contributed by atoms with Gasteiger partial charge in [-0.2, -0.15) is 0 Å². The van der Waals surface area contributed by atoms with Gasteiger partial charge in [0.1, 0.15) is 0 Å². The van der Waals surface area contributed by atoms with Crippen molar-refractivity contribution in [3.8, 4) is 0 Å². The molecule has 2 atom stereocenters. The molecule has 2 aromatic carbocycles. The van der Waals surface area contributed by atoms with Crippen LogP contribution in [0.2, 0.25) is 0 Å². The van der Waals surface area contributed by atoms with Crippen molar-refractivity contribution in [3.63, 3.8) is 0 Å². The molecule has 0 aliphatic heterocycles. The molecule has 0 fully saturated rings. The van der Waals surface area contributed by atoms with Crippen LogP contribution in [-0.4, -0.2) is 11.9 Å². The lowest BCUT2D eigenvalue weighted by molar-refractivity contribution is -0.117. The first-order valence-electron chi connectivity index (χ1n) is 7.35. The molecule has 0 unspecified atom stereocenters. The van der Waals surface area contributed by atoms with Gasteiger partial charge in [0.25, 0.3) is 0 Å². The molecule has 1 amide bonds. The van der Waals surface area contributed by atoms with Gasteiger partial charge in [0.2, 0.25) is 5.91 Å². The van der Waals surface area contributed by atoms with Crippen LogP contribution in [0.1, 0.15) is 31.0 Å². The van der Waals surface area contributed by atoms with E-state index < -0.39 is 0 Å². The third-order valence-corrected chi connectivity index (χ3v) is 4.31. The Morgan fingerprint density at radius 2 is 1.68 bits per heavy atom. The summed E-state index contributed by atoms with van der Waals surface area (Å²) in [4.78, 5) is 12.3. The molecule has 0 saturated heterocycles. The molecule has 3 nitrogen and oxygen atoms in total. The molecule has 0 spiro atoms. The largest absolute Gasteiger partial charge is 0.325 e. The average Bonchev–Trinajstić information content (AvgIpc) is 2.49. The summed E-state index contributed by atoms with van der Waals surface area (Å²) in [5.41, 5.74) is 3.13. The van der Waals surface area contributed by atoms with Crippen molar-refractivity contribution < 1.29 is 4.79 Å². The number of amides is 1. The summed E-state index contributed by atoms with van der Waals surface area (Å²) in [5.74, 6) is -0.0391. The summed E-state index contributed by atoms with van der Waals surface area (Å²) in [6, 6.07) is 15.6. The second kappa shape index (κ2) is 7.56. The minimum absolute atomic E-state index is 0.0391. The molecular formula is C18H21BrN2O. The fraction of sp³-hybridized carbons (Fsp3) is 0.278. The van der Waals surface area contributed by atoms with E-state index in [2.05, 4.69) is 33.5 Å². The highest BCUT2D eigenvalue weighted by atomic mass is 79.9. The number of hydrogen-bond donors (Lipinski definition) is 2. The van der Waals surface area contributed by atoms with Gasteiger partial charge in [0.05, 0.1) is 6.04 Å². The average molecular weight is 361 g/mol. The molecule has 22 heavy (non-hydrogen) atoms. The van der Waals surface area contributed by atoms with Gasteiger partial charge in [0, 0.05) is 16.2 Å². The Morgan fingerprint density at radius 1 is 1.05 bits per heavy atom. The number of nitrogens with one attached hydrogen (secondary N) is 2. The molecule has 4 heteroatoms. The van der Waals surface area contributed by atoms with E-state index >= 15 is 0 Å². The predicted octanol–water partition coefficient (Wildman–Crippen LogP) is 4.44. The molecule has 0 heterocycles. The number of rotatable bonds is 5. The third kappa shape index (κ3) is 4.42. The third-order valence-electron chi connectivity index (χ3n) is 3.58. The van der Waals surface area contributed by atoms with Crippen molar-refractivity contribution in [2.45, 2.75) is 32.9 Å². The molecule has 0 bridgehead atoms. The number of hydrogen-bond acceptors (Lipinski definition) is 2. The highest BCUT2D eigenvalue weighted by Crippen LogP contribution is 2.23. The van der Waals surface area contributed by atoms with Crippen LogP contribution in [0.5, 0.6) is 0 Å². The lowest BCUT2D eigenvalue weighted by Gasteiger charge is -2.21. The molecule has 0 saturated carbocycles. The van der Waals surface area contributed by atoms with Crippen LogP contribution in [0.3, 0.4) is 0 Å². The van der Waals surface area contributed by atoms with E-state index in [4.69, 9.17) is 0 Å². The minimum atomic E-state index is -0.289.